The summed E-state index contributed by atoms with van der Waals surface area (Å²) in [5.41, 5.74) is 1.32. The molecule has 1 aromatic rings. The van der Waals surface area contributed by atoms with E-state index in [1.165, 1.54) is 5.56 Å². The van der Waals surface area contributed by atoms with Crippen LogP contribution in [0.5, 0.6) is 0 Å². The van der Waals surface area contributed by atoms with Crippen molar-refractivity contribution in [2.45, 2.75) is 13.0 Å². The minimum absolute atomic E-state index is 0. The lowest BCUT2D eigenvalue weighted by Crippen LogP contribution is -2.23. The highest BCUT2D eigenvalue weighted by Gasteiger charge is 1.90. The Labute approximate surface area is 116 Å². The average Bonchev–Trinajstić information content (AvgIpc) is 2.29. The predicted octanol–water partition coefficient (Wildman–Crippen LogP) is 1.59. The Balaban J connectivity index is 0. The van der Waals surface area contributed by atoms with Gasteiger partial charge in [0.1, 0.15) is 0 Å². The molecular formula is C12H22Cl2N2O. The Bertz CT molecular complexity index is 248. The van der Waals surface area contributed by atoms with Gasteiger partial charge in [0.05, 0.1) is 6.61 Å². The van der Waals surface area contributed by atoms with Crippen molar-refractivity contribution < 1.29 is 5.11 Å². The molecule has 0 fully saturated rings. The zero-order valence-corrected chi connectivity index (χ0v) is 11.5. The van der Waals surface area contributed by atoms with E-state index in [4.69, 9.17) is 5.11 Å². The average molecular weight is 281 g/mol. The topological polar surface area (TPSA) is 44.3 Å². The molecule has 5 heteroatoms. The molecule has 1 aromatic carbocycles. The van der Waals surface area contributed by atoms with Crippen LogP contribution in [0.3, 0.4) is 0 Å². The van der Waals surface area contributed by atoms with E-state index in [1.54, 1.807) is 0 Å². The summed E-state index contributed by atoms with van der Waals surface area (Å²) in [4.78, 5) is 0. The fraction of sp³-hybridized carbons (Fsp3) is 0.500. The van der Waals surface area contributed by atoms with Crippen molar-refractivity contribution in [2.24, 2.45) is 0 Å². The van der Waals surface area contributed by atoms with Gasteiger partial charge in [0, 0.05) is 13.1 Å². The predicted molar refractivity (Wildman–Crippen MR) is 77.2 cm³/mol. The van der Waals surface area contributed by atoms with Gasteiger partial charge in [-0.2, -0.15) is 0 Å². The van der Waals surface area contributed by atoms with Crippen molar-refractivity contribution in [3.8, 4) is 0 Å². The maximum absolute atomic E-state index is 8.54. The highest BCUT2D eigenvalue weighted by atomic mass is 35.5. The van der Waals surface area contributed by atoms with E-state index >= 15 is 0 Å². The van der Waals surface area contributed by atoms with Crippen LogP contribution in [0.4, 0.5) is 0 Å². The second-order valence-corrected chi connectivity index (χ2v) is 3.49. The van der Waals surface area contributed by atoms with E-state index in [-0.39, 0.29) is 31.4 Å². The highest BCUT2D eigenvalue weighted by molar-refractivity contribution is 5.85. The van der Waals surface area contributed by atoms with Crippen LogP contribution >= 0.6 is 24.8 Å². The Morgan fingerprint density at radius 1 is 0.882 bits per heavy atom. The van der Waals surface area contributed by atoms with Gasteiger partial charge in [-0.05, 0) is 25.1 Å². The second-order valence-electron chi connectivity index (χ2n) is 3.49. The van der Waals surface area contributed by atoms with Gasteiger partial charge in [-0.15, -0.1) is 24.8 Å². The molecule has 0 heterocycles. The zero-order chi connectivity index (χ0) is 10.8. The van der Waals surface area contributed by atoms with Crippen LogP contribution < -0.4 is 10.6 Å². The van der Waals surface area contributed by atoms with Gasteiger partial charge in [0.15, 0.2) is 0 Å². The fourth-order valence-corrected chi connectivity index (χ4v) is 1.37. The third kappa shape index (κ3) is 10.5. The number of aliphatic hydroxyl groups excluding tert-OH is 1. The van der Waals surface area contributed by atoms with E-state index in [2.05, 4.69) is 34.9 Å². The van der Waals surface area contributed by atoms with Gasteiger partial charge in [0.2, 0.25) is 0 Å². The number of rotatable bonds is 8. The molecule has 0 unspecified atom stereocenters. The number of halogens is 2. The molecule has 0 radical (unpaired) electrons. The minimum Gasteiger partial charge on any atom is -0.395 e. The van der Waals surface area contributed by atoms with E-state index in [9.17, 15) is 0 Å². The summed E-state index contributed by atoms with van der Waals surface area (Å²) in [6.07, 6.45) is 1.09. The van der Waals surface area contributed by atoms with E-state index in [1.807, 2.05) is 6.07 Å². The minimum atomic E-state index is 0. The van der Waals surface area contributed by atoms with Gasteiger partial charge in [0.25, 0.3) is 0 Å². The van der Waals surface area contributed by atoms with Crippen LogP contribution in [0.25, 0.3) is 0 Å². The van der Waals surface area contributed by atoms with Crippen molar-refractivity contribution in [2.75, 3.05) is 26.2 Å². The van der Waals surface area contributed by atoms with Crippen LogP contribution in [0, 0.1) is 0 Å². The van der Waals surface area contributed by atoms with E-state index in [0.717, 1.165) is 26.1 Å². The lowest BCUT2D eigenvalue weighted by molar-refractivity contribution is 0.292. The highest BCUT2D eigenvalue weighted by Crippen LogP contribution is 1.96. The summed E-state index contributed by atoms with van der Waals surface area (Å²) in [5, 5.41) is 15.1. The summed E-state index contributed by atoms with van der Waals surface area (Å²) < 4.78 is 0. The van der Waals surface area contributed by atoms with Crippen LogP contribution in [0.1, 0.15) is 12.0 Å². The normalized spacial score (nSPS) is 9.24. The molecule has 0 aliphatic carbocycles. The molecule has 0 aliphatic rings. The molecule has 0 saturated carbocycles. The molecule has 0 aliphatic heterocycles. The Hall–Kier alpha value is -0.320. The number of hydrogen-bond acceptors (Lipinski definition) is 3. The van der Waals surface area contributed by atoms with Gasteiger partial charge < -0.3 is 15.7 Å². The van der Waals surface area contributed by atoms with Gasteiger partial charge >= 0.3 is 0 Å². The van der Waals surface area contributed by atoms with Crippen LogP contribution in [-0.4, -0.2) is 31.3 Å². The van der Waals surface area contributed by atoms with E-state index < -0.39 is 0 Å². The Morgan fingerprint density at radius 3 is 2.18 bits per heavy atom. The van der Waals surface area contributed by atoms with Crippen molar-refractivity contribution in [1.82, 2.24) is 10.6 Å². The molecule has 0 bridgehead atoms. The summed E-state index contributed by atoms with van der Waals surface area (Å²) >= 11 is 0. The zero-order valence-electron chi connectivity index (χ0n) is 9.89. The van der Waals surface area contributed by atoms with Crippen molar-refractivity contribution in [3.63, 3.8) is 0 Å². The van der Waals surface area contributed by atoms with Gasteiger partial charge in [-0.3, -0.25) is 0 Å². The van der Waals surface area contributed by atoms with Gasteiger partial charge in [-0.25, -0.2) is 0 Å². The molecule has 1 rings (SSSR count). The third-order valence-corrected chi connectivity index (χ3v) is 2.17. The molecule has 3 nitrogen and oxygen atoms in total. The van der Waals surface area contributed by atoms with Gasteiger partial charge in [-0.1, -0.05) is 30.3 Å². The maximum Gasteiger partial charge on any atom is 0.0555 e. The first kappa shape index (κ1) is 19.0. The lowest BCUT2D eigenvalue weighted by atomic mass is 10.2. The number of aliphatic hydroxyl groups is 1. The molecule has 0 saturated heterocycles. The molecule has 17 heavy (non-hydrogen) atoms. The quantitative estimate of drug-likeness (QED) is 0.634. The number of hydrogen-bond donors (Lipinski definition) is 3. The first-order chi connectivity index (χ1) is 7.43. The lowest BCUT2D eigenvalue weighted by Gasteiger charge is -2.05. The number of benzene rings is 1. The summed E-state index contributed by atoms with van der Waals surface area (Å²) in [6, 6.07) is 10.4. The second kappa shape index (κ2) is 13.7. The fourth-order valence-electron chi connectivity index (χ4n) is 1.37. The van der Waals surface area contributed by atoms with Crippen molar-refractivity contribution in [3.05, 3.63) is 35.9 Å². The largest absolute Gasteiger partial charge is 0.395 e. The van der Waals surface area contributed by atoms with Crippen molar-refractivity contribution in [1.29, 1.82) is 0 Å². The summed E-state index contributed by atoms with van der Waals surface area (Å²) in [5.74, 6) is 0. The van der Waals surface area contributed by atoms with E-state index in [0.29, 0.717) is 6.54 Å². The molecule has 0 spiro atoms. The summed E-state index contributed by atoms with van der Waals surface area (Å²) in [6.45, 7) is 3.81. The molecule has 3 N–H and O–H groups in total. The number of nitrogens with one attached hydrogen (secondary N) is 2. The van der Waals surface area contributed by atoms with Crippen LogP contribution in [0.2, 0.25) is 0 Å². The molecular weight excluding hydrogens is 259 g/mol. The molecule has 100 valence electrons. The summed E-state index contributed by atoms with van der Waals surface area (Å²) in [7, 11) is 0. The molecule has 0 aromatic heterocycles. The SMILES string of the molecule is Cl.Cl.OCCNCCCNCc1ccccc1. The Kier molecular flexibility index (Phi) is 15.4. The smallest absolute Gasteiger partial charge is 0.0555 e. The monoisotopic (exact) mass is 280 g/mol. The maximum atomic E-state index is 8.54. The Morgan fingerprint density at radius 2 is 1.53 bits per heavy atom. The van der Waals surface area contributed by atoms with Crippen LogP contribution in [-0.2, 0) is 6.54 Å². The molecule has 0 amide bonds. The standard InChI is InChI=1S/C12H20N2O.2ClH/c15-10-9-13-7-4-8-14-11-12-5-2-1-3-6-12;;/h1-3,5-6,13-15H,4,7-11H2;2*1H. The third-order valence-electron chi connectivity index (χ3n) is 2.17. The molecule has 0 atom stereocenters. The first-order valence-electron chi connectivity index (χ1n) is 5.49. The van der Waals surface area contributed by atoms with Crippen LogP contribution in [0.15, 0.2) is 30.3 Å². The van der Waals surface area contributed by atoms with Crippen molar-refractivity contribution >= 4 is 24.8 Å². The first-order valence-corrected chi connectivity index (χ1v) is 5.49.